The number of hydrogen-bond acceptors (Lipinski definition) is 2. The van der Waals surface area contributed by atoms with Crippen molar-refractivity contribution in [1.82, 2.24) is 4.90 Å². The van der Waals surface area contributed by atoms with Gasteiger partial charge in [-0.3, -0.25) is 4.79 Å². The Balaban J connectivity index is 2.45. The summed E-state index contributed by atoms with van der Waals surface area (Å²) in [6.07, 6.45) is 4.21. The summed E-state index contributed by atoms with van der Waals surface area (Å²) in [6, 6.07) is 7.07. The second-order valence-electron chi connectivity index (χ2n) is 4.87. The van der Waals surface area contributed by atoms with Crippen LogP contribution in [0.15, 0.2) is 36.9 Å². The van der Waals surface area contributed by atoms with Gasteiger partial charge in [0.1, 0.15) is 0 Å². The predicted molar refractivity (Wildman–Crippen MR) is 83.5 cm³/mol. The Kier molecular flexibility index (Phi) is 7.01. The molecule has 1 aromatic rings. The number of amides is 2. The van der Waals surface area contributed by atoms with Gasteiger partial charge in [0.2, 0.25) is 0 Å². The van der Waals surface area contributed by atoms with Crippen molar-refractivity contribution in [2.75, 3.05) is 18.9 Å². The Morgan fingerprint density at radius 3 is 2.57 bits per heavy atom. The fourth-order valence-corrected chi connectivity index (χ4v) is 1.80. The largest absolute Gasteiger partial charge is 0.481 e. The Bertz CT molecular complexity index is 483. The van der Waals surface area contributed by atoms with Gasteiger partial charge in [0.15, 0.2) is 0 Å². The van der Waals surface area contributed by atoms with E-state index in [1.165, 1.54) is 0 Å². The number of aliphatic carboxylic acids is 1. The highest BCUT2D eigenvalue weighted by atomic mass is 16.4. The molecule has 21 heavy (non-hydrogen) atoms. The maximum atomic E-state index is 11.9. The minimum absolute atomic E-state index is 0.109. The van der Waals surface area contributed by atoms with Crippen molar-refractivity contribution in [2.45, 2.75) is 25.7 Å². The molecule has 5 nitrogen and oxygen atoms in total. The molecule has 1 aromatic carbocycles. The van der Waals surface area contributed by atoms with Crippen LogP contribution >= 0.6 is 0 Å². The van der Waals surface area contributed by atoms with E-state index in [1.807, 2.05) is 18.2 Å². The van der Waals surface area contributed by atoms with Crippen LogP contribution in [0.25, 0.3) is 0 Å². The highest BCUT2D eigenvalue weighted by Gasteiger charge is 2.08. The summed E-state index contributed by atoms with van der Waals surface area (Å²) in [5.74, 6) is -0.812. The van der Waals surface area contributed by atoms with Crippen molar-refractivity contribution in [3.63, 3.8) is 0 Å². The molecule has 0 aromatic heterocycles. The lowest BCUT2D eigenvalue weighted by molar-refractivity contribution is -0.136. The van der Waals surface area contributed by atoms with E-state index in [0.29, 0.717) is 18.7 Å². The zero-order valence-corrected chi connectivity index (χ0v) is 12.3. The molecule has 0 saturated heterocycles. The third kappa shape index (κ3) is 6.61. The number of aryl methyl sites for hydroxylation is 1. The summed E-state index contributed by atoms with van der Waals surface area (Å²) in [6.45, 7) is 4.32. The number of urea groups is 1. The van der Waals surface area contributed by atoms with E-state index in [9.17, 15) is 9.59 Å². The molecule has 0 spiro atoms. The average Bonchev–Trinajstić information content (AvgIpc) is 2.46. The van der Waals surface area contributed by atoms with Crippen LogP contribution in [0, 0.1) is 0 Å². The van der Waals surface area contributed by atoms with Crippen LogP contribution < -0.4 is 5.32 Å². The molecule has 114 valence electrons. The molecule has 2 N–H and O–H groups in total. The normalized spacial score (nSPS) is 9.95. The fourth-order valence-electron chi connectivity index (χ4n) is 1.80. The summed E-state index contributed by atoms with van der Waals surface area (Å²) >= 11 is 0. The number of hydrogen-bond donors (Lipinski definition) is 2. The topological polar surface area (TPSA) is 69.6 Å². The Morgan fingerprint density at radius 2 is 2.00 bits per heavy atom. The first-order chi connectivity index (χ1) is 10.0. The van der Waals surface area contributed by atoms with Gasteiger partial charge in [-0.05, 0) is 37.0 Å². The molecule has 0 aliphatic carbocycles. The minimum Gasteiger partial charge on any atom is -0.481 e. The second kappa shape index (κ2) is 8.79. The number of nitrogens with zero attached hydrogens (tertiary/aromatic N) is 1. The molecule has 0 radical (unpaired) electrons. The number of carbonyl (C=O) groups is 2. The van der Waals surface area contributed by atoms with Gasteiger partial charge in [0, 0.05) is 25.7 Å². The molecule has 5 heteroatoms. The standard InChI is InChI=1S/C16H22N2O3/c1-3-4-5-12-18(2)16(21)17-14-9-6-13(7-10-14)8-11-15(19)20/h3,6-7,9-10H,1,4-5,8,11-12H2,2H3,(H,17,21)(H,19,20). The van der Waals surface area contributed by atoms with Crippen molar-refractivity contribution in [3.8, 4) is 0 Å². The van der Waals surface area contributed by atoms with Crippen LogP contribution in [0.3, 0.4) is 0 Å². The number of anilines is 1. The molecule has 0 heterocycles. The lowest BCUT2D eigenvalue weighted by Gasteiger charge is -2.17. The highest BCUT2D eigenvalue weighted by molar-refractivity contribution is 5.89. The third-order valence-corrected chi connectivity index (χ3v) is 3.08. The monoisotopic (exact) mass is 290 g/mol. The van der Waals surface area contributed by atoms with Gasteiger partial charge in [-0.15, -0.1) is 6.58 Å². The van der Waals surface area contributed by atoms with Crippen LogP contribution in [-0.4, -0.2) is 35.6 Å². The van der Waals surface area contributed by atoms with Crippen molar-refractivity contribution in [2.24, 2.45) is 0 Å². The van der Waals surface area contributed by atoms with Gasteiger partial charge in [-0.1, -0.05) is 18.2 Å². The molecular weight excluding hydrogens is 268 g/mol. The van der Waals surface area contributed by atoms with Gasteiger partial charge in [-0.25, -0.2) is 4.79 Å². The molecule has 1 rings (SSSR count). The summed E-state index contributed by atoms with van der Waals surface area (Å²) in [7, 11) is 1.75. The van der Waals surface area contributed by atoms with E-state index < -0.39 is 5.97 Å². The Labute approximate surface area is 125 Å². The summed E-state index contributed by atoms with van der Waals surface area (Å²) in [5.41, 5.74) is 1.64. The molecule has 0 saturated carbocycles. The molecule has 0 fully saturated rings. The SMILES string of the molecule is C=CCCCN(C)C(=O)Nc1ccc(CCC(=O)O)cc1. The number of nitrogens with one attached hydrogen (secondary N) is 1. The van der Waals surface area contributed by atoms with Crippen LogP contribution in [0.1, 0.15) is 24.8 Å². The molecule has 0 unspecified atom stereocenters. The summed E-state index contributed by atoms with van der Waals surface area (Å²) in [5, 5.41) is 11.4. The molecule has 0 atom stereocenters. The quantitative estimate of drug-likeness (QED) is 0.571. The number of carbonyl (C=O) groups excluding carboxylic acids is 1. The van der Waals surface area contributed by atoms with E-state index in [2.05, 4.69) is 11.9 Å². The van der Waals surface area contributed by atoms with Gasteiger partial charge < -0.3 is 15.3 Å². The van der Waals surface area contributed by atoms with E-state index in [4.69, 9.17) is 5.11 Å². The van der Waals surface area contributed by atoms with E-state index in [1.54, 1.807) is 24.1 Å². The van der Waals surface area contributed by atoms with Gasteiger partial charge in [0.25, 0.3) is 0 Å². The smallest absolute Gasteiger partial charge is 0.321 e. The third-order valence-electron chi connectivity index (χ3n) is 3.08. The summed E-state index contributed by atoms with van der Waals surface area (Å²) in [4.78, 5) is 24.0. The molecule has 0 aliphatic heterocycles. The van der Waals surface area contributed by atoms with Crippen molar-refractivity contribution < 1.29 is 14.7 Å². The van der Waals surface area contributed by atoms with Crippen LogP contribution in [0.4, 0.5) is 10.5 Å². The Morgan fingerprint density at radius 1 is 1.33 bits per heavy atom. The first-order valence-electron chi connectivity index (χ1n) is 6.96. The number of benzene rings is 1. The molecular formula is C16H22N2O3. The van der Waals surface area contributed by atoms with Gasteiger partial charge in [0.05, 0.1) is 0 Å². The zero-order valence-electron chi connectivity index (χ0n) is 12.3. The minimum atomic E-state index is -0.812. The predicted octanol–water partition coefficient (Wildman–Crippen LogP) is 3.13. The fraction of sp³-hybridized carbons (Fsp3) is 0.375. The van der Waals surface area contributed by atoms with Crippen LogP contribution in [-0.2, 0) is 11.2 Å². The lowest BCUT2D eigenvalue weighted by Crippen LogP contribution is -2.32. The highest BCUT2D eigenvalue weighted by Crippen LogP contribution is 2.12. The van der Waals surface area contributed by atoms with E-state index >= 15 is 0 Å². The molecule has 0 bridgehead atoms. The van der Waals surface area contributed by atoms with E-state index in [-0.39, 0.29) is 12.5 Å². The van der Waals surface area contributed by atoms with Crippen LogP contribution in [0.5, 0.6) is 0 Å². The maximum absolute atomic E-state index is 11.9. The molecule has 0 aliphatic rings. The Hall–Kier alpha value is -2.30. The number of carboxylic acid groups (broad SMARTS) is 1. The van der Waals surface area contributed by atoms with Crippen LogP contribution in [0.2, 0.25) is 0 Å². The second-order valence-corrected chi connectivity index (χ2v) is 4.87. The maximum Gasteiger partial charge on any atom is 0.321 e. The first kappa shape index (κ1) is 16.8. The zero-order chi connectivity index (χ0) is 15.7. The summed E-state index contributed by atoms with van der Waals surface area (Å²) < 4.78 is 0. The van der Waals surface area contributed by atoms with Crippen molar-refractivity contribution >= 4 is 17.7 Å². The first-order valence-corrected chi connectivity index (χ1v) is 6.96. The number of unbranched alkanes of at least 4 members (excludes halogenated alkanes) is 1. The molecule has 2 amide bonds. The number of rotatable bonds is 8. The van der Waals surface area contributed by atoms with E-state index in [0.717, 1.165) is 18.4 Å². The number of allylic oxidation sites excluding steroid dienone is 1. The lowest BCUT2D eigenvalue weighted by atomic mass is 10.1. The van der Waals surface area contributed by atoms with Gasteiger partial charge >= 0.3 is 12.0 Å². The number of carboxylic acids is 1. The average molecular weight is 290 g/mol. The van der Waals surface area contributed by atoms with Crippen molar-refractivity contribution in [3.05, 3.63) is 42.5 Å². The van der Waals surface area contributed by atoms with Crippen molar-refractivity contribution in [1.29, 1.82) is 0 Å². The van der Waals surface area contributed by atoms with Gasteiger partial charge in [-0.2, -0.15) is 0 Å².